The highest BCUT2D eigenvalue weighted by molar-refractivity contribution is 7.80. The molecule has 23 heavy (non-hydrogen) atoms. The molecule has 1 amide bonds. The van der Waals surface area contributed by atoms with Crippen molar-refractivity contribution in [2.45, 2.75) is 13.8 Å². The molecule has 1 N–H and O–H groups in total. The molecule has 5 heteroatoms. The number of hydrogen-bond acceptors (Lipinski definition) is 4. The van der Waals surface area contributed by atoms with Gasteiger partial charge in [0, 0.05) is 18.8 Å². The highest BCUT2D eigenvalue weighted by Gasteiger charge is 2.21. The number of amides is 1. The molecule has 1 aliphatic rings. The molecule has 1 saturated heterocycles. The molecule has 1 aromatic carbocycles. The first-order valence-electron chi connectivity index (χ1n) is 7.57. The summed E-state index contributed by atoms with van der Waals surface area (Å²) in [5, 5.41) is 2.50. The number of hydrogen-bond donors (Lipinski definition) is 1. The Morgan fingerprint density at radius 1 is 1.13 bits per heavy atom. The summed E-state index contributed by atoms with van der Waals surface area (Å²) in [4.78, 5) is 13.7. The number of nitrogens with one attached hydrogen (secondary N) is 1. The van der Waals surface area contributed by atoms with Crippen molar-refractivity contribution in [3.63, 3.8) is 0 Å². The van der Waals surface area contributed by atoms with Gasteiger partial charge in [-0.25, -0.2) is 0 Å². The summed E-state index contributed by atoms with van der Waals surface area (Å²) in [5.74, 6) is -0.0983. The van der Waals surface area contributed by atoms with Crippen LogP contribution >= 0.6 is 12.2 Å². The Morgan fingerprint density at radius 2 is 1.83 bits per heavy atom. The molecule has 0 aromatic heterocycles. The Balaban J connectivity index is 1.93. The predicted octanol–water partition coefficient (Wildman–Crippen LogP) is 3.42. The second kappa shape index (κ2) is 8.29. The maximum atomic E-state index is 11.4. The lowest BCUT2D eigenvalue weighted by Gasteiger charge is -2.20. The molecule has 1 heterocycles. The molecule has 120 valence electrons. The van der Waals surface area contributed by atoms with E-state index in [1.807, 2.05) is 18.2 Å². The Morgan fingerprint density at radius 3 is 2.39 bits per heavy atom. The van der Waals surface area contributed by atoms with Gasteiger partial charge in [0.05, 0.1) is 0 Å². The van der Waals surface area contributed by atoms with Crippen LogP contribution in [0.1, 0.15) is 19.4 Å². The summed E-state index contributed by atoms with van der Waals surface area (Å²) in [6.07, 6.45) is 9.07. The van der Waals surface area contributed by atoms with Gasteiger partial charge in [-0.3, -0.25) is 10.1 Å². The van der Waals surface area contributed by atoms with E-state index >= 15 is 0 Å². The number of ether oxygens (including phenoxy) is 1. The number of allylic oxidation sites excluding steroid dienone is 4. The van der Waals surface area contributed by atoms with Gasteiger partial charge in [-0.2, -0.15) is 0 Å². The van der Waals surface area contributed by atoms with E-state index in [0.717, 1.165) is 18.7 Å². The van der Waals surface area contributed by atoms with Crippen LogP contribution in [0.15, 0.2) is 54.3 Å². The topological polar surface area (TPSA) is 41.6 Å². The number of rotatable bonds is 6. The van der Waals surface area contributed by atoms with Crippen molar-refractivity contribution in [1.29, 1.82) is 0 Å². The maximum Gasteiger partial charge on any atom is 0.294 e. The van der Waals surface area contributed by atoms with Crippen molar-refractivity contribution < 1.29 is 9.53 Å². The van der Waals surface area contributed by atoms with Crippen LogP contribution in [-0.2, 0) is 9.53 Å². The van der Waals surface area contributed by atoms with Gasteiger partial charge in [-0.05, 0) is 49.8 Å². The standard InChI is InChI=1S/C18H20N2O2S/c1-3-20(4-2)15-12-10-14(11-13-15)8-6-5-7-9-16-17(21)19-18(23)22-16/h5-13H,3-4H2,1-2H3,(H,19,21,23)/b7-5+,8-6+,16-9+. The molecule has 0 atom stereocenters. The van der Waals surface area contributed by atoms with Crippen LogP contribution in [0.5, 0.6) is 0 Å². The smallest absolute Gasteiger partial charge is 0.294 e. The lowest BCUT2D eigenvalue weighted by atomic mass is 10.2. The zero-order valence-electron chi connectivity index (χ0n) is 13.3. The van der Waals surface area contributed by atoms with Gasteiger partial charge in [0.25, 0.3) is 11.1 Å². The van der Waals surface area contributed by atoms with Crippen LogP contribution in [-0.4, -0.2) is 24.2 Å². The lowest BCUT2D eigenvalue weighted by Crippen LogP contribution is -2.21. The largest absolute Gasteiger partial charge is 0.426 e. The molecule has 0 unspecified atom stereocenters. The molecule has 1 aliphatic heterocycles. The first kappa shape index (κ1) is 17.0. The van der Waals surface area contributed by atoms with Crippen molar-refractivity contribution in [3.8, 4) is 0 Å². The molecule has 4 nitrogen and oxygen atoms in total. The van der Waals surface area contributed by atoms with Crippen LogP contribution in [0.4, 0.5) is 5.69 Å². The van der Waals surface area contributed by atoms with Crippen molar-refractivity contribution in [3.05, 3.63) is 59.9 Å². The SMILES string of the molecule is CCN(CC)c1ccc(/C=C/C=C/C=C2/OC(=S)NC2=O)cc1. The summed E-state index contributed by atoms with van der Waals surface area (Å²) >= 11 is 4.75. The molecular weight excluding hydrogens is 308 g/mol. The van der Waals surface area contributed by atoms with Gasteiger partial charge < -0.3 is 9.64 Å². The Bertz CT molecular complexity index is 656. The number of thiocarbonyl (C=S) groups is 1. The molecule has 0 saturated carbocycles. The first-order chi connectivity index (χ1) is 11.1. The Kier molecular flexibility index (Phi) is 6.11. The first-order valence-corrected chi connectivity index (χ1v) is 7.98. The van der Waals surface area contributed by atoms with E-state index in [4.69, 9.17) is 17.0 Å². The van der Waals surface area contributed by atoms with Crippen molar-refractivity contribution in [2.24, 2.45) is 0 Å². The zero-order chi connectivity index (χ0) is 16.7. The number of anilines is 1. The van der Waals surface area contributed by atoms with Gasteiger partial charge in [-0.1, -0.05) is 36.4 Å². The van der Waals surface area contributed by atoms with E-state index in [1.165, 1.54) is 5.69 Å². The van der Waals surface area contributed by atoms with E-state index in [1.54, 1.807) is 12.2 Å². The van der Waals surface area contributed by atoms with Crippen molar-refractivity contribution in [1.82, 2.24) is 5.32 Å². The summed E-state index contributed by atoms with van der Waals surface area (Å²) in [5.41, 5.74) is 2.35. The minimum atomic E-state index is -0.310. The van der Waals surface area contributed by atoms with Gasteiger partial charge in [0.1, 0.15) is 0 Å². The van der Waals surface area contributed by atoms with Crippen LogP contribution < -0.4 is 10.2 Å². The molecule has 0 bridgehead atoms. The maximum absolute atomic E-state index is 11.4. The third-order valence-electron chi connectivity index (χ3n) is 3.42. The van der Waals surface area contributed by atoms with Gasteiger partial charge >= 0.3 is 0 Å². The minimum Gasteiger partial charge on any atom is -0.426 e. The fourth-order valence-corrected chi connectivity index (χ4v) is 2.38. The van der Waals surface area contributed by atoms with Gasteiger partial charge in [0.2, 0.25) is 0 Å². The van der Waals surface area contributed by atoms with Crippen molar-refractivity contribution >= 4 is 35.1 Å². The molecular formula is C18H20N2O2S. The highest BCUT2D eigenvalue weighted by Crippen LogP contribution is 2.15. The van der Waals surface area contributed by atoms with Gasteiger partial charge in [-0.15, -0.1) is 0 Å². The van der Waals surface area contributed by atoms with E-state index in [9.17, 15) is 4.79 Å². The number of carbonyl (C=O) groups is 1. The second-order valence-corrected chi connectivity index (χ2v) is 5.25. The Hall–Kier alpha value is -2.40. The molecule has 2 rings (SSSR count). The summed E-state index contributed by atoms with van der Waals surface area (Å²) < 4.78 is 5.05. The highest BCUT2D eigenvalue weighted by atomic mass is 32.1. The summed E-state index contributed by atoms with van der Waals surface area (Å²) in [7, 11) is 0. The number of benzene rings is 1. The zero-order valence-corrected chi connectivity index (χ0v) is 14.1. The minimum absolute atomic E-state index is 0.0958. The van der Waals surface area contributed by atoms with Crippen LogP contribution in [0.2, 0.25) is 0 Å². The van der Waals surface area contributed by atoms with Crippen LogP contribution in [0, 0.1) is 0 Å². The fourth-order valence-electron chi connectivity index (χ4n) is 2.19. The monoisotopic (exact) mass is 328 g/mol. The van der Waals surface area contributed by atoms with E-state index in [2.05, 4.69) is 48.3 Å². The summed E-state index contributed by atoms with van der Waals surface area (Å²) in [6.45, 7) is 6.31. The third-order valence-corrected chi connectivity index (χ3v) is 3.61. The van der Waals surface area contributed by atoms with E-state index < -0.39 is 0 Å². The quantitative estimate of drug-likeness (QED) is 0.493. The molecule has 0 spiro atoms. The number of nitrogens with zero attached hydrogens (tertiary/aromatic N) is 1. The average molecular weight is 328 g/mol. The summed E-state index contributed by atoms with van der Waals surface area (Å²) in [6, 6.07) is 8.41. The van der Waals surface area contributed by atoms with Crippen LogP contribution in [0.3, 0.4) is 0 Å². The molecule has 1 fully saturated rings. The van der Waals surface area contributed by atoms with Crippen molar-refractivity contribution in [2.75, 3.05) is 18.0 Å². The second-order valence-electron chi connectivity index (χ2n) is 4.88. The Labute approximate surface area is 142 Å². The normalized spacial score (nSPS) is 16.3. The predicted molar refractivity (Wildman–Crippen MR) is 98.1 cm³/mol. The molecule has 0 aliphatic carbocycles. The molecule has 1 aromatic rings. The average Bonchev–Trinajstić information content (AvgIpc) is 2.87. The lowest BCUT2D eigenvalue weighted by molar-refractivity contribution is -0.116. The molecule has 0 radical (unpaired) electrons. The van der Waals surface area contributed by atoms with E-state index in [-0.39, 0.29) is 16.8 Å². The van der Waals surface area contributed by atoms with Gasteiger partial charge in [0.15, 0.2) is 5.76 Å². The van der Waals surface area contributed by atoms with E-state index in [0.29, 0.717) is 0 Å². The number of carbonyl (C=O) groups excluding carboxylic acids is 1. The third kappa shape index (κ3) is 4.79. The van der Waals surface area contributed by atoms with Crippen LogP contribution in [0.25, 0.3) is 6.08 Å². The fraction of sp³-hybridized carbons (Fsp3) is 0.222.